The minimum Gasteiger partial charge on any atom is -0.426 e. The number of aromatic nitrogens is 1. The highest BCUT2D eigenvalue weighted by atomic mass is 16.4. The van der Waals surface area contributed by atoms with Crippen molar-refractivity contribution in [1.82, 2.24) is 4.98 Å². The van der Waals surface area contributed by atoms with Crippen molar-refractivity contribution in [2.45, 2.75) is 26.7 Å². The quantitative estimate of drug-likeness (QED) is 0.866. The number of hydrogen-bond acceptors (Lipinski definition) is 6. The molecule has 2 aromatic heterocycles. The van der Waals surface area contributed by atoms with Crippen LogP contribution in [0.3, 0.4) is 0 Å². The largest absolute Gasteiger partial charge is 0.426 e. The molecule has 1 N–H and O–H groups in total. The van der Waals surface area contributed by atoms with Crippen LogP contribution in [-0.2, 0) is 6.42 Å². The van der Waals surface area contributed by atoms with Crippen LogP contribution in [0, 0.1) is 16.7 Å². The lowest BCUT2D eigenvalue weighted by molar-refractivity contribution is 0.0898. The molecular formula is C19H17N3O3. The Balaban J connectivity index is 1.93. The van der Waals surface area contributed by atoms with Gasteiger partial charge in [0.1, 0.15) is 17.5 Å². The van der Waals surface area contributed by atoms with Gasteiger partial charge in [-0.1, -0.05) is 19.9 Å². The first-order valence-electron chi connectivity index (χ1n) is 7.88. The Morgan fingerprint density at radius 2 is 2.16 bits per heavy atom. The molecule has 0 radical (unpaired) electrons. The maximum absolute atomic E-state index is 12.3. The van der Waals surface area contributed by atoms with Gasteiger partial charge >= 0.3 is 5.63 Å². The number of anilines is 1. The summed E-state index contributed by atoms with van der Waals surface area (Å²) < 4.78 is 5.34. The molecule has 1 aliphatic carbocycles. The van der Waals surface area contributed by atoms with Crippen LogP contribution in [0.2, 0.25) is 0 Å². The van der Waals surface area contributed by atoms with Gasteiger partial charge in [-0.05, 0) is 23.6 Å². The highest BCUT2D eigenvalue weighted by Crippen LogP contribution is 2.34. The molecule has 0 aromatic carbocycles. The van der Waals surface area contributed by atoms with E-state index in [1.165, 1.54) is 12.3 Å². The molecule has 0 saturated carbocycles. The number of fused-ring (bicyclic) bond motifs is 1. The number of carbonyl (C=O) groups excluding carboxylic acids is 1. The SMILES string of the molecule is CC1(C)CC(=O)c2cc(N/C=C(/C#N)c3ccccn3)c(=O)oc2C1. The van der Waals surface area contributed by atoms with Gasteiger partial charge in [0.15, 0.2) is 5.78 Å². The van der Waals surface area contributed by atoms with Crippen LogP contribution in [0.15, 0.2) is 45.9 Å². The van der Waals surface area contributed by atoms with Crippen molar-refractivity contribution in [2.24, 2.45) is 5.41 Å². The number of ketones is 1. The Labute approximate surface area is 144 Å². The summed E-state index contributed by atoms with van der Waals surface area (Å²) in [4.78, 5) is 28.6. The molecule has 0 aliphatic heterocycles. The zero-order chi connectivity index (χ0) is 18.0. The first-order chi connectivity index (χ1) is 11.9. The molecule has 0 atom stereocenters. The van der Waals surface area contributed by atoms with E-state index >= 15 is 0 Å². The number of hydrogen-bond donors (Lipinski definition) is 1. The molecule has 126 valence electrons. The fraction of sp³-hybridized carbons (Fsp3) is 0.263. The monoisotopic (exact) mass is 335 g/mol. The predicted molar refractivity (Wildman–Crippen MR) is 92.9 cm³/mol. The van der Waals surface area contributed by atoms with E-state index in [-0.39, 0.29) is 22.5 Å². The number of carbonyl (C=O) groups is 1. The van der Waals surface area contributed by atoms with Crippen LogP contribution >= 0.6 is 0 Å². The second kappa shape index (κ2) is 6.36. The van der Waals surface area contributed by atoms with Crippen molar-refractivity contribution in [3.05, 3.63) is 64.1 Å². The van der Waals surface area contributed by atoms with Crippen LogP contribution in [0.1, 0.15) is 42.1 Å². The number of Topliss-reactive ketones (excluding diaryl/α,β-unsaturated/α-hetero) is 1. The van der Waals surface area contributed by atoms with Gasteiger partial charge < -0.3 is 9.73 Å². The summed E-state index contributed by atoms with van der Waals surface area (Å²) in [6.07, 6.45) is 3.91. The molecule has 0 bridgehead atoms. The lowest BCUT2D eigenvalue weighted by Crippen LogP contribution is -2.28. The fourth-order valence-corrected chi connectivity index (χ4v) is 2.84. The third-order valence-corrected chi connectivity index (χ3v) is 4.04. The average Bonchev–Trinajstić information content (AvgIpc) is 2.56. The lowest BCUT2D eigenvalue weighted by Gasteiger charge is -2.28. The Morgan fingerprint density at radius 3 is 2.84 bits per heavy atom. The topological polar surface area (TPSA) is 96.0 Å². The van der Waals surface area contributed by atoms with Crippen molar-refractivity contribution >= 4 is 17.0 Å². The van der Waals surface area contributed by atoms with Crippen LogP contribution in [0.5, 0.6) is 0 Å². The summed E-state index contributed by atoms with van der Waals surface area (Å²) in [6.45, 7) is 3.93. The maximum atomic E-state index is 12.3. The molecular weight excluding hydrogens is 318 g/mol. The summed E-state index contributed by atoms with van der Waals surface area (Å²) in [5.41, 5.74) is 0.505. The first kappa shape index (κ1) is 16.7. The average molecular weight is 335 g/mol. The predicted octanol–water partition coefficient (Wildman–Crippen LogP) is 3.17. The van der Waals surface area contributed by atoms with Crippen molar-refractivity contribution < 1.29 is 9.21 Å². The molecule has 2 aromatic rings. The van der Waals surface area contributed by atoms with Gasteiger partial charge in [-0.3, -0.25) is 9.78 Å². The minimum atomic E-state index is -0.571. The van der Waals surface area contributed by atoms with E-state index in [1.807, 2.05) is 19.9 Å². The van der Waals surface area contributed by atoms with Gasteiger partial charge in [-0.15, -0.1) is 0 Å². The van der Waals surface area contributed by atoms with E-state index in [1.54, 1.807) is 24.4 Å². The Bertz CT molecular complexity index is 950. The third kappa shape index (κ3) is 3.50. The number of nitrogens with one attached hydrogen (secondary N) is 1. The van der Waals surface area contributed by atoms with E-state index in [2.05, 4.69) is 10.3 Å². The normalized spacial score (nSPS) is 16.0. The van der Waals surface area contributed by atoms with Crippen molar-refractivity contribution in [3.63, 3.8) is 0 Å². The standard InChI is InChI=1S/C19H17N3O3/c1-19(2)8-16(23)13-7-15(18(24)25-17(13)9-19)22-11-12(10-20)14-5-3-4-6-21-14/h3-7,11,22H,8-9H2,1-2H3/b12-11-. The number of rotatable bonds is 3. The molecule has 6 heteroatoms. The molecule has 3 rings (SSSR count). The van der Waals surface area contributed by atoms with E-state index in [0.717, 1.165) is 0 Å². The molecule has 0 amide bonds. The van der Waals surface area contributed by atoms with Crippen LogP contribution in [0.4, 0.5) is 5.69 Å². The van der Waals surface area contributed by atoms with E-state index < -0.39 is 5.63 Å². The highest BCUT2D eigenvalue weighted by Gasteiger charge is 2.33. The van der Waals surface area contributed by atoms with Crippen LogP contribution in [-0.4, -0.2) is 10.8 Å². The van der Waals surface area contributed by atoms with Crippen molar-refractivity contribution in [2.75, 3.05) is 5.32 Å². The Kier molecular flexibility index (Phi) is 4.24. The number of allylic oxidation sites excluding steroid dienone is 1. The second-order valence-corrected chi connectivity index (χ2v) is 6.75. The molecule has 1 aliphatic rings. The summed E-state index contributed by atoms with van der Waals surface area (Å²) in [5, 5.41) is 12.0. The summed E-state index contributed by atoms with van der Waals surface area (Å²) in [7, 11) is 0. The number of nitrogens with zero attached hydrogens (tertiary/aromatic N) is 2. The summed E-state index contributed by atoms with van der Waals surface area (Å²) in [6, 6.07) is 8.73. The third-order valence-electron chi connectivity index (χ3n) is 4.04. The Hall–Kier alpha value is -3.20. The van der Waals surface area contributed by atoms with Gasteiger partial charge in [0.05, 0.1) is 16.8 Å². The molecule has 0 spiro atoms. The molecule has 0 unspecified atom stereocenters. The molecule has 2 heterocycles. The van der Waals surface area contributed by atoms with Gasteiger partial charge in [0, 0.05) is 25.2 Å². The van der Waals surface area contributed by atoms with Crippen molar-refractivity contribution in [3.8, 4) is 6.07 Å². The van der Waals surface area contributed by atoms with E-state index in [4.69, 9.17) is 4.42 Å². The van der Waals surface area contributed by atoms with E-state index in [0.29, 0.717) is 29.9 Å². The fourth-order valence-electron chi connectivity index (χ4n) is 2.84. The summed E-state index contributed by atoms with van der Waals surface area (Å²) in [5.74, 6) is 0.373. The molecule has 0 fully saturated rings. The maximum Gasteiger partial charge on any atom is 0.359 e. The van der Waals surface area contributed by atoms with Gasteiger partial charge in [-0.25, -0.2) is 4.79 Å². The molecule has 6 nitrogen and oxygen atoms in total. The summed E-state index contributed by atoms with van der Waals surface area (Å²) >= 11 is 0. The lowest BCUT2D eigenvalue weighted by atomic mass is 9.76. The molecule has 25 heavy (non-hydrogen) atoms. The Morgan fingerprint density at radius 1 is 1.36 bits per heavy atom. The number of nitriles is 1. The minimum absolute atomic E-state index is 0.0488. The van der Waals surface area contributed by atoms with E-state index in [9.17, 15) is 14.9 Å². The van der Waals surface area contributed by atoms with Gasteiger partial charge in [-0.2, -0.15) is 5.26 Å². The van der Waals surface area contributed by atoms with Gasteiger partial charge in [0.25, 0.3) is 0 Å². The first-order valence-corrected chi connectivity index (χ1v) is 7.88. The number of pyridine rings is 1. The smallest absolute Gasteiger partial charge is 0.359 e. The second-order valence-electron chi connectivity index (χ2n) is 6.75. The van der Waals surface area contributed by atoms with Crippen LogP contribution < -0.4 is 10.9 Å². The molecule has 0 saturated heterocycles. The zero-order valence-corrected chi connectivity index (χ0v) is 14.0. The van der Waals surface area contributed by atoms with Gasteiger partial charge in [0.2, 0.25) is 0 Å². The zero-order valence-electron chi connectivity index (χ0n) is 14.0. The van der Waals surface area contributed by atoms with Crippen molar-refractivity contribution in [1.29, 1.82) is 5.26 Å². The highest BCUT2D eigenvalue weighted by molar-refractivity contribution is 5.99. The van der Waals surface area contributed by atoms with Crippen LogP contribution in [0.25, 0.3) is 5.57 Å².